The molecule has 2 aromatic rings. The number of carbonyl (C=O) groups excluding carboxylic acids is 1. The van der Waals surface area contributed by atoms with Crippen LogP contribution in [-0.4, -0.2) is 15.6 Å². The molecule has 0 spiro atoms. The first-order valence-corrected chi connectivity index (χ1v) is 6.26. The second-order valence-electron chi connectivity index (χ2n) is 4.47. The maximum atomic E-state index is 13.7. The molecule has 0 unspecified atom stereocenters. The third kappa shape index (κ3) is 2.54. The molecule has 0 fully saturated rings. The van der Waals surface area contributed by atoms with Crippen LogP contribution in [0.1, 0.15) is 27.3 Å². The normalized spacial score (nSPS) is 10.8. The van der Waals surface area contributed by atoms with Crippen molar-refractivity contribution in [3.8, 4) is 0 Å². The van der Waals surface area contributed by atoms with Gasteiger partial charge < -0.3 is 0 Å². The van der Waals surface area contributed by atoms with Crippen LogP contribution in [0.25, 0.3) is 0 Å². The summed E-state index contributed by atoms with van der Waals surface area (Å²) in [5.74, 6) is -0.629. The Morgan fingerprint density at radius 2 is 2.11 bits per heavy atom. The van der Waals surface area contributed by atoms with Crippen molar-refractivity contribution >= 4 is 17.4 Å². The highest BCUT2D eigenvalue weighted by atomic mass is 35.5. The van der Waals surface area contributed by atoms with Crippen molar-refractivity contribution in [2.24, 2.45) is 7.05 Å². The van der Waals surface area contributed by atoms with Crippen LogP contribution >= 0.6 is 11.6 Å². The van der Waals surface area contributed by atoms with Crippen LogP contribution in [0.5, 0.6) is 0 Å². The summed E-state index contributed by atoms with van der Waals surface area (Å²) in [6.45, 7) is 3.58. The summed E-state index contributed by atoms with van der Waals surface area (Å²) in [4.78, 5) is 12.3. The van der Waals surface area contributed by atoms with E-state index in [0.717, 1.165) is 5.69 Å². The smallest absolute Gasteiger partial charge is 0.171 e. The van der Waals surface area contributed by atoms with Crippen LogP contribution in [0, 0.1) is 19.7 Å². The molecule has 2 rings (SSSR count). The lowest BCUT2D eigenvalue weighted by molar-refractivity contribution is 0.0990. The third-order valence-corrected chi connectivity index (χ3v) is 3.54. The molecule has 0 N–H and O–H groups in total. The van der Waals surface area contributed by atoms with E-state index in [1.807, 2.05) is 6.92 Å². The fourth-order valence-electron chi connectivity index (χ4n) is 2.13. The molecule has 19 heavy (non-hydrogen) atoms. The molecule has 0 bridgehead atoms. The standard InChI is InChI=1S/C14H14ClFN2O/c1-8-14(9(2)18(3)17-8)13(19)7-10-11(15)5-4-6-12(10)16/h4-6H,7H2,1-3H3. The van der Waals surface area contributed by atoms with Gasteiger partial charge in [-0.1, -0.05) is 17.7 Å². The molecule has 0 saturated heterocycles. The minimum atomic E-state index is -0.458. The maximum Gasteiger partial charge on any atom is 0.171 e. The second kappa shape index (κ2) is 5.13. The molecule has 0 atom stereocenters. The van der Waals surface area contributed by atoms with Gasteiger partial charge in [-0.05, 0) is 26.0 Å². The summed E-state index contributed by atoms with van der Waals surface area (Å²) in [7, 11) is 1.77. The first-order valence-electron chi connectivity index (χ1n) is 5.88. The van der Waals surface area contributed by atoms with Gasteiger partial charge >= 0.3 is 0 Å². The molecule has 0 aliphatic heterocycles. The zero-order valence-electron chi connectivity index (χ0n) is 11.0. The Morgan fingerprint density at radius 1 is 1.42 bits per heavy atom. The van der Waals surface area contributed by atoms with Gasteiger partial charge in [-0.2, -0.15) is 5.10 Å². The van der Waals surface area contributed by atoms with Gasteiger partial charge in [0.25, 0.3) is 0 Å². The Bertz CT molecular complexity index is 629. The van der Waals surface area contributed by atoms with Gasteiger partial charge in [0, 0.05) is 29.7 Å². The van der Waals surface area contributed by atoms with Crippen molar-refractivity contribution < 1.29 is 9.18 Å². The van der Waals surface area contributed by atoms with Crippen LogP contribution in [0.15, 0.2) is 18.2 Å². The topological polar surface area (TPSA) is 34.9 Å². The molecular weight excluding hydrogens is 267 g/mol. The van der Waals surface area contributed by atoms with Gasteiger partial charge in [-0.25, -0.2) is 4.39 Å². The van der Waals surface area contributed by atoms with Crippen molar-refractivity contribution in [2.75, 3.05) is 0 Å². The Balaban J connectivity index is 2.36. The molecule has 0 aliphatic rings. The van der Waals surface area contributed by atoms with E-state index in [1.54, 1.807) is 24.7 Å². The Labute approximate surface area is 116 Å². The summed E-state index contributed by atoms with van der Waals surface area (Å²) < 4.78 is 15.3. The second-order valence-corrected chi connectivity index (χ2v) is 4.88. The van der Waals surface area contributed by atoms with Crippen LogP contribution in [0.2, 0.25) is 5.02 Å². The molecule has 0 saturated carbocycles. The van der Waals surface area contributed by atoms with Gasteiger partial charge in [-0.3, -0.25) is 9.48 Å². The SMILES string of the molecule is Cc1nn(C)c(C)c1C(=O)Cc1c(F)cccc1Cl. The monoisotopic (exact) mass is 280 g/mol. The Morgan fingerprint density at radius 3 is 2.63 bits per heavy atom. The quantitative estimate of drug-likeness (QED) is 0.809. The number of rotatable bonds is 3. The van der Waals surface area contributed by atoms with E-state index < -0.39 is 5.82 Å². The molecule has 5 heteroatoms. The summed E-state index contributed by atoms with van der Waals surface area (Å²) in [6, 6.07) is 4.40. The number of halogens is 2. The summed E-state index contributed by atoms with van der Waals surface area (Å²) in [5.41, 5.74) is 2.20. The van der Waals surface area contributed by atoms with Gasteiger partial charge in [0.05, 0.1) is 11.3 Å². The number of hydrogen-bond acceptors (Lipinski definition) is 2. The van der Waals surface area contributed by atoms with Gasteiger partial charge in [0.2, 0.25) is 0 Å². The van der Waals surface area contributed by atoms with Crippen LogP contribution < -0.4 is 0 Å². The van der Waals surface area contributed by atoms with E-state index in [9.17, 15) is 9.18 Å². The number of aryl methyl sites for hydroxylation is 2. The van der Waals surface area contributed by atoms with E-state index in [-0.39, 0.29) is 22.8 Å². The molecule has 1 heterocycles. The fraction of sp³-hybridized carbons (Fsp3) is 0.286. The number of benzene rings is 1. The number of aromatic nitrogens is 2. The van der Waals surface area contributed by atoms with Crippen LogP contribution in [-0.2, 0) is 13.5 Å². The number of nitrogens with zero attached hydrogens (tertiary/aromatic N) is 2. The van der Waals surface area contributed by atoms with E-state index >= 15 is 0 Å². The molecule has 100 valence electrons. The predicted molar refractivity (Wildman–Crippen MR) is 72.1 cm³/mol. The largest absolute Gasteiger partial charge is 0.294 e. The summed E-state index contributed by atoms with van der Waals surface area (Å²) >= 11 is 5.93. The maximum absolute atomic E-state index is 13.7. The molecule has 1 aromatic carbocycles. The van der Waals surface area contributed by atoms with E-state index in [0.29, 0.717) is 11.3 Å². The van der Waals surface area contributed by atoms with Gasteiger partial charge in [0.1, 0.15) is 5.82 Å². The molecule has 0 radical (unpaired) electrons. The first kappa shape index (κ1) is 13.7. The lowest BCUT2D eigenvalue weighted by Crippen LogP contribution is -2.08. The minimum Gasteiger partial charge on any atom is -0.294 e. The van der Waals surface area contributed by atoms with Crippen molar-refractivity contribution in [1.82, 2.24) is 9.78 Å². The minimum absolute atomic E-state index is 0.0567. The molecular formula is C14H14ClFN2O. The van der Waals surface area contributed by atoms with E-state index in [1.165, 1.54) is 12.1 Å². The third-order valence-electron chi connectivity index (χ3n) is 3.19. The van der Waals surface area contributed by atoms with Crippen molar-refractivity contribution in [1.29, 1.82) is 0 Å². The van der Waals surface area contributed by atoms with Crippen LogP contribution in [0.4, 0.5) is 4.39 Å². The summed E-state index contributed by atoms with van der Waals surface area (Å²) in [6.07, 6.45) is -0.0567. The Kier molecular flexibility index (Phi) is 3.71. The fourth-order valence-corrected chi connectivity index (χ4v) is 2.36. The van der Waals surface area contributed by atoms with Crippen molar-refractivity contribution in [2.45, 2.75) is 20.3 Å². The number of hydrogen-bond donors (Lipinski definition) is 0. The predicted octanol–water partition coefficient (Wildman–Crippen LogP) is 3.25. The van der Waals surface area contributed by atoms with E-state index in [2.05, 4.69) is 5.10 Å². The summed E-state index contributed by atoms with van der Waals surface area (Å²) in [5, 5.41) is 4.46. The molecule has 1 aromatic heterocycles. The number of ketones is 1. The average molecular weight is 281 g/mol. The molecule has 0 aliphatic carbocycles. The molecule has 0 amide bonds. The number of carbonyl (C=O) groups is 1. The molecule has 3 nitrogen and oxygen atoms in total. The van der Waals surface area contributed by atoms with Crippen molar-refractivity contribution in [3.63, 3.8) is 0 Å². The van der Waals surface area contributed by atoms with E-state index in [4.69, 9.17) is 11.6 Å². The first-order chi connectivity index (χ1) is 8.91. The highest BCUT2D eigenvalue weighted by Gasteiger charge is 2.20. The van der Waals surface area contributed by atoms with Gasteiger partial charge in [0.15, 0.2) is 5.78 Å². The van der Waals surface area contributed by atoms with Crippen LogP contribution in [0.3, 0.4) is 0 Å². The van der Waals surface area contributed by atoms with Crippen molar-refractivity contribution in [3.05, 3.63) is 51.6 Å². The zero-order chi connectivity index (χ0) is 14.2. The zero-order valence-corrected chi connectivity index (χ0v) is 11.8. The van der Waals surface area contributed by atoms with Gasteiger partial charge in [-0.15, -0.1) is 0 Å². The highest BCUT2D eigenvalue weighted by molar-refractivity contribution is 6.31. The highest BCUT2D eigenvalue weighted by Crippen LogP contribution is 2.22. The lowest BCUT2D eigenvalue weighted by atomic mass is 10.0. The number of Topliss-reactive ketones (excluding diaryl/α,β-unsaturated/α-hetero) is 1. The lowest BCUT2D eigenvalue weighted by Gasteiger charge is -2.05. The average Bonchev–Trinajstić information content (AvgIpc) is 2.58. The Hall–Kier alpha value is -1.68.